The quantitative estimate of drug-likeness (QED) is 0.396. The Morgan fingerprint density at radius 3 is 2.43 bits per heavy atom. The lowest BCUT2D eigenvalue weighted by Gasteiger charge is -2.42. The number of nitrogens with zero attached hydrogens (tertiary/aromatic N) is 2. The number of benzene rings is 3. The van der Waals surface area contributed by atoms with Gasteiger partial charge in [-0.1, -0.05) is 42.5 Å². The Labute approximate surface area is 214 Å². The molecular weight excluding hydrogens is 492 g/mol. The van der Waals surface area contributed by atoms with E-state index >= 15 is 0 Å². The van der Waals surface area contributed by atoms with Crippen LogP contribution in [0.4, 0.5) is 11.4 Å². The lowest BCUT2D eigenvalue weighted by atomic mass is 9.99. The number of ether oxygens (including phenoxy) is 1. The van der Waals surface area contributed by atoms with Crippen molar-refractivity contribution in [1.29, 1.82) is 5.41 Å². The van der Waals surface area contributed by atoms with Crippen molar-refractivity contribution >= 4 is 38.9 Å². The van der Waals surface area contributed by atoms with Gasteiger partial charge in [-0.3, -0.25) is 24.8 Å². The number of carbonyl (C=O) groups is 2. The lowest BCUT2D eigenvalue weighted by Crippen LogP contribution is -2.62. The van der Waals surface area contributed by atoms with Gasteiger partial charge < -0.3 is 10.5 Å². The highest BCUT2D eigenvalue weighted by Crippen LogP contribution is 2.33. The van der Waals surface area contributed by atoms with Crippen molar-refractivity contribution < 1.29 is 22.7 Å². The average molecular weight is 517 g/mol. The number of rotatable bonds is 5. The summed E-state index contributed by atoms with van der Waals surface area (Å²) in [6, 6.07) is 19.4. The number of morpholine rings is 1. The second kappa shape index (κ2) is 9.30. The van der Waals surface area contributed by atoms with E-state index in [1.54, 1.807) is 85.1 Å². The van der Waals surface area contributed by atoms with Gasteiger partial charge >= 0.3 is 0 Å². The summed E-state index contributed by atoms with van der Waals surface area (Å²) in [6.45, 7) is -0.183. The molecule has 1 fully saturated rings. The summed E-state index contributed by atoms with van der Waals surface area (Å²) in [4.78, 5) is 29.7. The highest BCUT2D eigenvalue weighted by molar-refractivity contribution is 7.90. The van der Waals surface area contributed by atoms with Gasteiger partial charge in [-0.2, -0.15) is 0 Å². The van der Waals surface area contributed by atoms with E-state index in [2.05, 4.69) is 0 Å². The maximum atomic E-state index is 13.7. The molecule has 10 heteroatoms. The SMILES string of the molecule is CS(=O)(=O)c1ccccc1-c1ccc(N2C=CC3OCC(=O)N(c4cccc(C(=N)N)c4)C3C2=O)cc1. The molecule has 2 unspecified atom stereocenters. The fourth-order valence-corrected chi connectivity index (χ4v) is 5.51. The van der Waals surface area contributed by atoms with Crippen LogP contribution in [0.15, 0.2) is 90.0 Å². The summed E-state index contributed by atoms with van der Waals surface area (Å²) in [5.41, 5.74) is 8.33. The molecule has 1 saturated heterocycles. The van der Waals surface area contributed by atoms with E-state index in [1.165, 1.54) is 16.1 Å². The van der Waals surface area contributed by atoms with Gasteiger partial charge in [-0.05, 0) is 42.0 Å². The van der Waals surface area contributed by atoms with Crippen LogP contribution in [-0.4, -0.2) is 51.1 Å². The fourth-order valence-electron chi connectivity index (χ4n) is 4.60. The first-order valence-corrected chi connectivity index (χ1v) is 13.3. The highest BCUT2D eigenvalue weighted by Gasteiger charge is 2.45. The molecule has 2 heterocycles. The molecule has 0 radical (unpaired) electrons. The fraction of sp³-hybridized carbons (Fsp3) is 0.148. The summed E-state index contributed by atoms with van der Waals surface area (Å²) in [5.74, 6) is -0.885. The molecule has 2 atom stereocenters. The molecule has 188 valence electrons. The first kappa shape index (κ1) is 24.4. The molecule has 0 bridgehead atoms. The Hall–Kier alpha value is -4.28. The molecular formula is C27H24N4O5S. The van der Waals surface area contributed by atoms with Crippen molar-refractivity contribution in [1.82, 2.24) is 0 Å². The van der Waals surface area contributed by atoms with Gasteiger partial charge in [0.15, 0.2) is 9.84 Å². The van der Waals surface area contributed by atoms with Gasteiger partial charge in [0.05, 0.1) is 4.90 Å². The van der Waals surface area contributed by atoms with E-state index in [4.69, 9.17) is 15.9 Å². The van der Waals surface area contributed by atoms with Gasteiger partial charge in [0.25, 0.3) is 11.8 Å². The van der Waals surface area contributed by atoms with Crippen molar-refractivity contribution in [2.75, 3.05) is 22.7 Å². The molecule has 2 aliphatic heterocycles. The number of nitrogens with one attached hydrogen (secondary N) is 1. The first-order chi connectivity index (χ1) is 17.6. The van der Waals surface area contributed by atoms with Gasteiger partial charge in [-0.15, -0.1) is 0 Å². The number of hydrogen-bond acceptors (Lipinski definition) is 6. The summed E-state index contributed by atoms with van der Waals surface area (Å²) in [6.07, 6.45) is 3.87. The molecule has 0 saturated carbocycles. The van der Waals surface area contributed by atoms with Crippen LogP contribution in [0, 0.1) is 5.41 Å². The molecule has 0 aromatic heterocycles. The molecule has 9 nitrogen and oxygen atoms in total. The van der Waals surface area contributed by atoms with Gasteiger partial charge in [-0.25, -0.2) is 8.42 Å². The van der Waals surface area contributed by atoms with Crippen LogP contribution in [0.5, 0.6) is 0 Å². The number of sulfone groups is 1. The largest absolute Gasteiger partial charge is 0.384 e. The van der Waals surface area contributed by atoms with E-state index in [0.717, 1.165) is 0 Å². The summed E-state index contributed by atoms with van der Waals surface area (Å²) < 4.78 is 30.1. The van der Waals surface area contributed by atoms with Crippen molar-refractivity contribution in [3.8, 4) is 11.1 Å². The van der Waals surface area contributed by atoms with E-state index in [9.17, 15) is 18.0 Å². The van der Waals surface area contributed by atoms with E-state index in [0.29, 0.717) is 28.1 Å². The number of hydrogen-bond donors (Lipinski definition) is 2. The molecule has 0 aliphatic carbocycles. The third-order valence-corrected chi connectivity index (χ3v) is 7.51. The molecule has 3 aromatic rings. The maximum Gasteiger partial charge on any atom is 0.257 e. The van der Waals surface area contributed by atoms with Crippen LogP contribution < -0.4 is 15.5 Å². The molecule has 3 N–H and O–H groups in total. The first-order valence-electron chi connectivity index (χ1n) is 11.4. The van der Waals surface area contributed by atoms with E-state index in [1.807, 2.05) is 0 Å². The Morgan fingerprint density at radius 2 is 1.73 bits per heavy atom. The molecule has 5 rings (SSSR count). The number of carbonyl (C=O) groups excluding carboxylic acids is 2. The van der Waals surface area contributed by atoms with Crippen molar-refractivity contribution in [3.63, 3.8) is 0 Å². The maximum absolute atomic E-state index is 13.7. The Balaban J connectivity index is 1.48. The summed E-state index contributed by atoms with van der Waals surface area (Å²) in [7, 11) is -3.43. The van der Waals surface area contributed by atoms with Crippen LogP contribution >= 0.6 is 0 Å². The van der Waals surface area contributed by atoms with Crippen LogP contribution in [-0.2, 0) is 24.2 Å². The van der Waals surface area contributed by atoms with Gasteiger partial charge in [0.1, 0.15) is 24.6 Å². The number of fused-ring (bicyclic) bond motifs is 1. The molecule has 2 amide bonds. The zero-order valence-electron chi connectivity index (χ0n) is 19.9. The zero-order chi connectivity index (χ0) is 26.3. The van der Waals surface area contributed by atoms with Crippen LogP contribution in [0.2, 0.25) is 0 Å². The van der Waals surface area contributed by atoms with Crippen molar-refractivity contribution in [2.45, 2.75) is 17.0 Å². The zero-order valence-corrected chi connectivity index (χ0v) is 20.7. The number of nitrogen functional groups attached to an aromatic ring is 1. The Kier molecular flexibility index (Phi) is 6.14. The minimum Gasteiger partial charge on any atom is -0.384 e. The van der Waals surface area contributed by atoms with Gasteiger partial charge in [0.2, 0.25) is 0 Å². The van der Waals surface area contributed by atoms with Gasteiger partial charge in [0, 0.05) is 35.0 Å². The Morgan fingerprint density at radius 1 is 1.00 bits per heavy atom. The van der Waals surface area contributed by atoms with E-state index in [-0.39, 0.29) is 29.2 Å². The van der Waals surface area contributed by atoms with Crippen molar-refractivity contribution in [2.24, 2.45) is 5.73 Å². The third-order valence-electron chi connectivity index (χ3n) is 6.35. The summed E-state index contributed by atoms with van der Waals surface area (Å²) >= 11 is 0. The van der Waals surface area contributed by atoms with Crippen LogP contribution in [0.25, 0.3) is 11.1 Å². The monoisotopic (exact) mass is 516 g/mol. The predicted octanol–water partition coefficient (Wildman–Crippen LogP) is 2.70. The molecule has 2 aliphatic rings. The number of amides is 2. The number of nitrogens with two attached hydrogens (primary N) is 1. The summed E-state index contributed by atoms with van der Waals surface area (Å²) in [5, 5.41) is 7.72. The van der Waals surface area contributed by atoms with Crippen molar-refractivity contribution in [3.05, 3.63) is 90.6 Å². The molecule has 37 heavy (non-hydrogen) atoms. The molecule has 0 spiro atoms. The molecule has 3 aromatic carbocycles. The standard InChI is InChI=1S/C27H24N4O5S/c1-37(34,35)23-8-3-2-7-21(23)17-9-11-19(12-10-17)30-14-13-22-25(27(30)33)31(24(32)16-36-22)20-6-4-5-18(15-20)26(28)29/h2-15,22,25H,16H2,1H3,(H3,28,29). The third kappa shape index (κ3) is 4.52. The predicted molar refractivity (Wildman–Crippen MR) is 140 cm³/mol. The van der Waals surface area contributed by atoms with E-state index < -0.39 is 22.0 Å². The minimum atomic E-state index is -3.43. The average Bonchev–Trinajstić information content (AvgIpc) is 2.89. The number of anilines is 2. The second-order valence-corrected chi connectivity index (χ2v) is 10.8. The highest BCUT2D eigenvalue weighted by atomic mass is 32.2. The smallest absolute Gasteiger partial charge is 0.257 e. The Bertz CT molecular complexity index is 1550. The van der Waals surface area contributed by atoms with Crippen LogP contribution in [0.3, 0.4) is 0 Å². The topological polar surface area (TPSA) is 134 Å². The van der Waals surface area contributed by atoms with Crippen LogP contribution in [0.1, 0.15) is 5.56 Å². The number of amidine groups is 1. The minimum absolute atomic E-state index is 0.145. The normalized spacial score (nSPS) is 19.6. The second-order valence-electron chi connectivity index (χ2n) is 8.81. The lowest BCUT2D eigenvalue weighted by molar-refractivity contribution is -0.137.